The maximum absolute atomic E-state index is 13.3. The summed E-state index contributed by atoms with van der Waals surface area (Å²) in [6, 6.07) is 3.33. The summed E-state index contributed by atoms with van der Waals surface area (Å²) in [4.78, 5) is 32.6. The third-order valence-electron chi connectivity index (χ3n) is 5.04. The lowest BCUT2D eigenvalue weighted by atomic mass is 9.88. The van der Waals surface area contributed by atoms with Crippen molar-refractivity contribution in [2.45, 2.75) is 39.3 Å². The van der Waals surface area contributed by atoms with Gasteiger partial charge >= 0.3 is 0 Å². The molecule has 1 aliphatic rings. The Labute approximate surface area is 157 Å². The molecule has 0 saturated carbocycles. The van der Waals surface area contributed by atoms with E-state index in [1.807, 2.05) is 26.0 Å². The van der Waals surface area contributed by atoms with Crippen LogP contribution in [-0.4, -0.2) is 20.9 Å². The van der Waals surface area contributed by atoms with Gasteiger partial charge in [-0.15, -0.1) is 0 Å². The van der Waals surface area contributed by atoms with E-state index in [0.29, 0.717) is 36.1 Å². The molecular formula is C19H24N6O2. The van der Waals surface area contributed by atoms with Crippen LogP contribution in [0.4, 0.5) is 17.3 Å². The van der Waals surface area contributed by atoms with Gasteiger partial charge in [0.15, 0.2) is 0 Å². The molecular weight excluding hydrogens is 344 g/mol. The number of rotatable bonds is 5. The number of hydrogen-bond donors (Lipinski definition) is 3. The number of carbonyl (C=O) groups excluding carboxylic acids is 1. The van der Waals surface area contributed by atoms with Crippen LogP contribution < -0.4 is 21.9 Å². The number of aryl methyl sites for hydroxylation is 1. The van der Waals surface area contributed by atoms with Gasteiger partial charge < -0.3 is 16.4 Å². The molecule has 4 N–H and O–H groups in total. The zero-order valence-corrected chi connectivity index (χ0v) is 15.7. The van der Waals surface area contributed by atoms with Gasteiger partial charge in [-0.2, -0.15) is 0 Å². The van der Waals surface area contributed by atoms with E-state index in [2.05, 4.69) is 27.5 Å². The SMILES string of the molecule is Cc1cc(Nc2cc(N)ncn2)c(=O)n(C2(NC=O)C=CC(C)CC2)c1C. The Bertz CT molecular complexity index is 952. The number of nitrogens with zero attached hydrogens (tertiary/aromatic N) is 3. The Balaban J connectivity index is 2.15. The largest absolute Gasteiger partial charge is 0.384 e. The van der Waals surface area contributed by atoms with Crippen molar-refractivity contribution in [1.29, 1.82) is 0 Å². The van der Waals surface area contributed by atoms with Crippen LogP contribution in [0, 0.1) is 19.8 Å². The Morgan fingerprint density at radius 3 is 2.74 bits per heavy atom. The number of allylic oxidation sites excluding steroid dienone is 1. The second-order valence-corrected chi connectivity index (χ2v) is 6.98. The van der Waals surface area contributed by atoms with Crippen molar-refractivity contribution in [1.82, 2.24) is 19.9 Å². The molecule has 0 fully saturated rings. The molecule has 1 aliphatic carbocycles. The van der Waals surface area contributed by atoms with E-state index in [1.165, 1.54) is 6.33 Å². The number of amides is 1. The fourth-order valence-corrected chi connectivity index (χ4v) is 3.40. The van der Waals surface area contributed by atoms with E-state index in [4.69, 9.17) is 5.73 Å². The van der Waals surface area contributed by atoms with Crippen molar-refractivity contribution in [2.75, 3.05) is 11.1 Å². The number of hydrogen-bond acceptors (Lipinski definition) is 6. The molecule has 2 unspecified atom stereocenters. The molecule has 2 aromatic rings. The highest BCUT2D eigenvalue weighted by atomic mass is 16.1. The lowest BCUT2D eigenvalue weighted by Crippen LogP contribution is -2.52. The Kier molecular flexibility index (Phi) is 4.98. The van der Waals surface area contributed by atoms with Crippen molar-refractivity contribution in [2.24, 2.45) is 5.92 Å². The Morgan fingerprint density at radius 2 is 2.11 bits per heavy atom. The standard InChI is InChI=1S/C19H24N6O2/c1-12-4-6-19(7-5-12,23-11-26)25-14(3)13(2)8-15(18(25)27)24-17-9-16(20)21-10-22-17/h4,6,8-12H,5,7H2,1-3H3,(H,23,26)(H3,20,21,22,24). The lowest BCUT2D eigenvalue weighted by Gasteiger charge is -2.38. The highest BCUT2D eigenvalue weighted by Gasteiger charge is 2.34. The summed E-state index contributed by atoms with van der Waals surface area (Å²) >= 11 is 0. The Morgan fingerprint density at radius 1 is 1.33 bits per heavy atom. The van der Waals surface area contributed by atoms with Gasteiger partial charge in [0.05, 0.1) is 0 Å². The molecule has 0 spiro atoms. The van der Waals surface area contributed by atoms with Gasteiger partial charge in [0.2, 0.25) is 6.41 Å². The first-order chi connectivity index (χ1) is 12.9. The number of pyridine rings is 1. The normalized spacial score (nSPS) is 21.7. The minimum Gasteiger partial charge on any atom is -0.384 e. The zero-order chi connectivity index (χ0) is 19.6. The van der Waals surface area contributed by atoms with Crippen molar-refractivity contribution < 1.29 is 4.79 Å². The van der Waals surface area contributed by atoms with Gasteiger partial charge in [0, 0.05) is 11.8 Å². The third-order valence-corrected chi connectivity index (χ3v) is 5.04. The lowest BCUT2D eigenvalue weighted by molar-refractivity contribution is -0.111. The van der Waals surface area contributed by atoms with Crippen LogP contribution in [-0.2, 0) is 10.5 Å². The number of anilines is 3. The molecule has 0 bridgehead atoms. The van der Waals surface area contributed by atoms with Crippen LogP contribution >= 0.6 is 0 Å². The minimum atomic E-state index is -0.886. The Hall–Kier alpha value is -3.16. The van der Waals surface area contributed by atoms with Crippen LogP contribution in [0.15, 0.2) is 35.4 Å². The number of carbonyl (C=O) groups is 1. The molecule has 2 heterocycles. The topological polar surface area (TPSA) is 115 Å². The first-order valence-electron chi connectivity index (χ1n) is 8.85. The quantitative estimate of drug-likeness (QED) is 0.549. The van der Waals surface area contributed by atoms with Gasteiger partial charge in [0.1, 0.15) is 29.3 Å². The molecule has 1 amide bonds. The predicted octanol–water partition coefficient (Wildman–Crippen LogP) is 1.97. The average molecular weight is 368 g/mol. The van der Waals surface area contributed by atoms with E-state index < -0.39 is 5.66 Å². The molecule has 3 rings (SSSR count). The fraction of sp³-hybridized carbons (Fsp3) is 0.368. The molecule has 8 heteroatoms. The van der Waals surface area contributed by atoms with Gasteiger partial charge in [-0.05, 0) is 50.3 Å². The summed E-state index contributed by atoms with van der Waals surface area (Å²) in [6.07, 6.45) is 7.42. The van der Waals surface area contributed by atoms with E-state index in [0.717, 1.165) is 17.7 Å². The molecule has 0 aromatic carbocycles. The second-order valence-electron chi connectivity index (χ2n) is 6.98. The van der Waals surface area contributed by atoms with Gasteiger partial charge in [-0.25, -0.2) is 9.97 Å². The molecule has 0 radical (unpaired) electrons. The number of nitrogens with one attached hydrogen (secondary N) is 2. The summed E-state index contributed by atoms with van der Waals surface area (Å²) in [5.41, 5.74) is 6.62. The van der Waals surface area contributed by atoms with E-state index in [1.54, 1.807) is 16.7 Å². The van der Waals surface area contributed by atoms with Gasteiger partial charge in [-0.1, -0.05) is 13.0 Å². The maximum Gasteiger partial charge on any atom is 0.276 e. The van der Waals surface area contributed by atoms with Crippen molar-refractivity contribution in [3.05, 3.63) is 52.2 Å². The van der Waals surface area contributed by atoms with Crippen LogP contribution in [0.5, 0.6) is 0 Å². The number of aromatic nitrogens is 3. The smallest absolute Gasteiger partial charge is 0.276 e. The van der Waals surface area contributed by atoms with Crippen LogP contribution in [0.3, 0.4) is 0 Å². The number of nitrogens with two attached hydrogens (primary N) is 1. The van der Waals surface area contributed by atoms with E-state index >= 15 is 0 Å². The third kappa shape index (κ3) is 3.55. The number of nitrogen functional groups attached to an aromatic ring is 1. The van der Waals surface area contributed by atoms with Crippen LogP contribution in [0.25, 0.3) is 0 Å². The molecule has 8 nitrogen and oxygen atoms in total. The highest BCUT2D eigenvalue weighted by molar-refractivity contribution is 5.59. The first-order valence-corrected chi connectivity index (χ1v) is 8.85. The molecule has 27 heavy (non-hydrogen) atoms. The fourth-order valence-electron chi connectivity index (χ4n) is 3.40. The first kappa shape index (κ1) is 18.6. The summed E-state index contributed by atoms with van der Waals surface area (Å²) < 4.78 is 1.64. The second kappa shape index (κ2) is 7.22. The van der Waals surface area contributed by atoms with Crippen LogP contribution in [0.2, 0.25) is 0 Å². The van der Waals surface area contributed by atoms with Gasteiger partial charge in [-0.3, -0.25) is 14.2 Å². The zero-order valence-electron chi connectivity index (χ0n) is 15.7. The van der Waals surface area contributed by atoms with Crippen molar-refractivity contribution >= 4 is 23.7 Å². The van der Waals surface area contributed by atoms with Crippen LogP contribution in [0.1, 0.15) is 31.0 Å². The summed E-state index contributed by atoms with van der Waals surface area (Å²) in [5.74, 6) is 1.13. The summed E-state index contributed by atoms with van der Waals surface area (Å²) in [6.45, 7) is 5.91. The molecule has 0 saturated heterocycles. The van der Waals surface area contributed by atoms with Crippen molar-refractivity contribution in [3.8, 4) is 0 Å². The molecule has 0 aliphatic heterocycles. The monoisotopic (exact) mass is 368 g/mol. The van der Waals surface area contributed by atoms with Crippen molar-refractivity contribution in [3.63, 3.8) is 0 Å². The van der Waals surface area contributed by atoms with Gasteiger partial charge in [0.25, 0.3) is 5.56 Å². The molecule has 2 atom stereocenters. The molecule has 142 valence electrons. The van der Waals surface area contributed by atoms with E-state index in [9.17, 15) is 9.59 Å². The molecule has 2 aromatic heterocycles. The summed E-state index contributed by atoms with van der Waals surface area (Å²) in [7, 11) is 0. The maximum atomic E-state index is 13.3. The average Bonchev–Trinajstić information content (AvgIpc) is 2.63. The minimum absolute atomic E-state index is 0.246. The summed E-state index contributed by atoms with van der Waals surface area (Å²) in [5, 5.41) is 5.89. The predicted molar refractivity (Wildman–Crippen MR) is 105 cm³/mol. The highest BCUT2D eigenvalue weighted by Crippen LogP contribution is 2.31. The van der Waals surface area contributed by atoms with E-state index in [-0.39, 0.29) is 5.56 Å².